The first-order valence-corrected chi connectivity index (χ1v) is 7.57. The molecule has 0 bridgehead atoms. The predicted molar refractivity (Wildman–Crippen MR) is 82.1 cm³/mol. The van der Waals surface area contributed by atoms with Gasteiger partial charge in [0.05, 0.1) is 16.6 Å². The molecule has 0 spiro atoms. The molecule has 1 unspecified atom stereocenters. The summed E-state index contributed by atoms with van der Waals surface area (Å²) in [4.78, 5) is 28.3. The maximum absolute atomic E-state index is 11.8. The van der Waals surface area contributed by atoms with Crippen molar-refractivity contribution in [2.45, 2.75) is 19.4 Å². The SMILES string of the molecule is CC(NC(=O)CCNC(=O)c1cccs1)c1ccccn1. The quantitative estimate of drug-likeness (QED) is 0.859. The summed E-state index contributed by atoms with van der Waals surface area (Å²) in [6.07, 6.45) is 1.94. The summed E-state index contributed by atoms with van der Waals surface area (Å²) in [5.41, 5.74) is 0.813. The van der Waals surface area contributed by atoms with E-state index in [4.69, 9.17) is 0 Å². The smallest absolute Gasteiger partial charge is 0.261 e. The van der Waals surface area contributed by atoms with Crippen LogP contribution >= 0.6 is 11.3 Å². The summed E-state index contributed by atoms with van der Waals surface area (Å²) in [6.45, 7) is 2.20. The second kappa shape index (κ2) is 7.54. The van der Waals surface area contributed by atoms with Crippen molar-refractivity contribution in [3.8, 4) is 0 Å². The summed E-state index contributed by atoms with van der Waals surface area (Å²) in [7, 11) is 0. The Labute approximate surface area is 127 Å². The molecule has 2 rings (SSSR count). The standard InChI is InChI=1S/C15H17N3O2S/c1-11(12-5-2-3-8-16-12)18-14(19)7-9-17-15(20)13-6-4-10-21-13/h2-6,8,10-11H,7,9H2,1H3,(H,17,20)(H,18,19). The maximum Gasteiger partial charge on any atom is 0.261 e. The van der Waals surface area contributed by atoms with Crippen LogP contribution in [0.25, 0.3) is 0 Å². The van der Waals surface area contributed by atoms with Gasteiger partial charge in [-0.05, 0) is 30.5 Å². The normalized spacial score (nSPS) is 11.7. The van der Waals surface area contributed by atoms with Gasteiger partial charge >= 0.3 is 0 Å². The lowest BCUT2D eigenvalue weighted by Gasteiger charge is -2.13. The Morgan fingerprint density at radius 2 is 2.14 bits per heavy atom. The van der Waals surface area contributed by atoms with Crippen LogP contribution in [0.1, 0.15) is 34.8 Å². The third-order valence-corrected chi connectivity index (χ3v) is 3.76. The molecule has 2 aromatic heterocycles. The maximum atomic E-state index is 11.8. The molecular formula is C15H17N3O2S. The predicted octanol–water partition coefficient (Wildman–Crippen LogP) is 2.14. The van der Waals surface area contributed by atoms with Gasteiger partial charge in [0.2, 0.25) is 5.91 Å². The molecule has 110 valence electrons. The van der Waals surface area contributed by atoms with Crippen molar-refractivity contribution in [1.29, 1.82) is 0 Å². The molecule has 0 aliphatic heterocycles. The summed E-state index contributed by atoms with van der Waals surface area (Å²) in [5, 5.41) is 7.42. The molecule has 0 saturated heterocycles. The molecule has 0 aromatic carbocycles. The number of thiophene rings is 1. The van der Waals surface area contributed by atoms with Gasteiger partial charge in [-0.2, -0.15) is 0 Å². The molecule has 2 amide bonds. The first-order valence-electron chi connectivity index (χ1n) is 6.69. The van der Waals surface area contributed by atoms with Crippen LogP contribution in [0.4, 0.5) is 0 Å². The summed E-state index contributed by atoms with van der Waals surface area (Å²) < 4.78 is 0. The van der Waals surface area contributed by atoms with Gasteiger partial charge in [-0.1, -0.05) is 12.1 Å². The number of pyridine rings is 1. The van der Waals surface area contributed by atoms with Crippen LogP contribution in [0.2, 0.25) is 0 Å². The van der Waals surface area contributed by atoms with Gasteiger partial charge in [0.25, 0.3) is 5.91 Å². The van der Waals surface area contributed by atoms with E-state index in [1.165, 1.54) is 11.3 Å². The average molecular weight is 303 g/mol. The fourth-order valence-electron chi connectivity index (χ4n) is 1.80. The molecule has 0 radical (unpaired) electrons. The second-order valence-electron chi connectivity index (χ2n) is 4.53. The second-order valence-corrected chi connectivity index (χ2v) is 5.47. The van der Waals surface area contributed by atoms with E-state index in [2.05, 4.69) is 15.6 Å². The zero-order chi connectivity index (χ0) is 15.1. The van der Waals surface area contributed by atoms with Crippen molar-refractivity contribution in [3.05, 3.63) is 52.5 Å². The number of carbonyl (C=O) groups excluding carboxylic acids is 2. The molecular weight excluding hydrogens is 286 g/mol. The minimum atomic E-state index is -0.147. The van der Waals surface area contributed by atoms with E-state index in [-0.39, 0.29) is 24.3 Å². The lowest BCUT2D eigenvalue weighted by atomic mass is 10.2. The Bertz CT molecular complexity index is 584. The van der Waals surface area contributed by atoms with Gasteiger partial charge < -0.3 is 10.6 Å². The number of aromatic nitrogens is 1. The van der Waals surface area contributed by atoms with Gasteiger partial charge in [-0.15, -0.1) is 11.3 Å². The fourth-order valence-corrected chi connectivity index (χ4v) is 2.44. The van der Waals surface area contributed by atoms with E-state index in [0.29, 0.717) is 11.4 Å². The molecule has 1 atom stereocenters. The van der Waals surface area contributed by atoms with Crippen molar-refractivity contribution in [3.63, 3.8) is 0 Å². The number of nitrogens with one attached hydrogen (secondary N) is 2. The Morgan fingerprint density at radius 1 is 1.29 bits per heavy atom. The number of hydrogen-bond donors (Lipinski definition) is 2. The lowest BCUT2D eigenvalue weighted by Crippen LogP contribution is -2.32. The number of nitrogens with zero attached hydrogens (tertiary/aromatic N) is 1. The molecule has 2 aromatic rings. The van der Waals surface area contributed by atoms with Crippen molar-refractivity contribution in [2.75, 3.05) is 6.54 Å². The molecule has 0 fully saturated rings. The first kappa shape index (κ1) is 15.2. The van der Waals surface area contributed by atoms with Crippen molar-refractivity contribution >= 4 is 23.2 Å². The molecule has 0 aliphatic carbocycles. The van der Waals surface area contributed by atoms with Crippen LogP contribution in [0.5, 0.6) is 0 Å². The molecule has 2 heterocycles. The number of hydrogen-bond acceptors (Lipinski definition) is 4. The minimum absolute atomic E-state index is 0.111. The minimum Gasteiger partial charge on any atom is -0.351 e. The van der Waals surface area contributed by atoms with Gasteiger partial charge in [0.15, 0.2) is 0 Å². The topological polar surface area (TPSA) is 71.1 Å². The third kappa shape index (κ3) is 4.68. The highest BCUT2D eigenvalue weighted by molar-refractivity contribution is 7.12. The van der Waals surface area contributed by atoms with Crippen LogP contribution in [0.3, 0.4) is 0 Å². The highest BCUT2D eigenvalue weighted by Crippen LogP contribution is 2.08. The summed E-state index contributed by atoms with van der Waals surface area (Å²) in [6, 6.07) is 9.00. The fraction of sp³-hybridized carbons (Fsp3) is 0.267. The first-order chi connectivity index (χ1) is 10.2. The molecule has 2 N–H and O–H groups in total. The Balaban J connectivity index is 1.71. The van der Waals surface area contributed by atoms with E-state index >= 15 is 0 Å². The summed E-state index contributed by atoms with van der Waals surface area (Å²) >= 11 is 1.38. The number of amides is 2. The molecule has 5 nitrogen and oxygen atoms in total. The Morgan fingerprint density at radius 3 is 2.81 bits per heavy atom. The molecule has 0 aliphatic rings. The van der Waals surface area contributed by atoms with Gasteiger partial charge in [0, 0.05) is 19.2 Å². The van der Waals surface area contributed by atoms with E-state index in [0.717, 1.165) is 5.69 Å². The van der Waals surface area contributed by atoms with E-state index in [1.54, 1.807) is 12.3 Å². The van der Waals surface area contributed by atoms with Crippen LogP contribution in [0.15, 0.2) is 41.9 Å². The van der Waals surface area contributed by atoms with Crippen LogP contribution < -0.4 is 10.6 Å². The Hall–Kier alpha value is -2.21. The van der Waals surface area contributed by atoms with Gasteiger partial charge in [0.1, 0.15) is 0 Å². The molecule has 0 saturated carbocycles. The third-order valence-electron chi connectivity index (χ3n) is 2.89. The number of carbonyl (C=O) groups is 2. The molecule has 6 heteroatoms. The summed E-state index contributed by atoms with van der Waals surface area (Å²) in [5.74, 6) is -0.254. The van der Waals surface area contributed by atoms with E-state index < -0.39 is 0 Å². The van der Waals surface area contributed by atoms with E-state index in [9.17, 15) is 9.59 Å². The van der Waals surface area contributed by atoms with Gasteiger partial charge in [-0.25, -0.2) is 0 Å². The highest BCUT2D eigenvalue weighted by Gasteiger charge is 2.11. The van der Waals surface area contributed by atoms with Crippen LogP contribution in [0, 0.1) is 0 Å². The lowest BCUT2D eigenvalue weighted by molar-refractivity contribution is -0.121. The zero-order valence-electron chi connectivity index (χ0n) is 11.7. The zero-order valence-corrected chi connectivity index (χ0v) is 12.5. The van der Waals surface area contributed by atoms with Crippen LogP contribution in [-0.2, 0) is 4.79 Å². The van der Waals surface area contributed by atoms with Crippen molar-refractivity contribution in [2.24, 2.45) is 0 Å². The average Bonchev–Trinajstić information content (AvgIpc) is 3.02. The van der Waals surface area contributed by atoms with Gasteiger partial charge in [-0.3, -0.25) is 14.6 Å². The van der Waals surface area contributed by atoms with Crippen LogP contribution in [-0.4, -0.2) is 23.3 Å². The van der Waals surface area contributed by atoms with E-state index in [1.807, 2.05) is 36.6 Å². The van der Waals surface area contributed by atoms with Crippen molar-refractivity contribution in [1.82, 2.24) is 15.6 Å². The largest absolute Gasteiger partial charge is 0.351 e. The Kier molecular flexibility index (Phi) is 5.45. The van der Waals surface area contributed by atoms with Crippen molar-refractivity contribution < 1.29 is 9.59 Å². The molecule has 21 heavy (non-hydrogen) atoms. The number of rotatable bonds is 6. The monoisotopic (exact) mass is 303 g/mol. The highest BCUT2D eigenvalue weighted by atomic mass is 32.1.